The molecule has 0 N–H and O–H groups in total. The van der Waals surface area contributed by atoms with Crippen LogP contribution in [0, 0.1) is 5.92 Å². The summed E-state index contributed by atoms with van der Waals surface area (Å²) < 4.78 is 10.8. The van der Waals surface area contributed by atoms with E-state index in [2.05, 4.69) is 19.7 Å². The van der Waals surface area contributed by atoms with Crippen molar-refractivity contribution < 1.29 is 14.3 Å². The number of hydrogen-bond acceptors (Lipinski definition) is 7. The molecule has 1 aromatic rings. The van der Waals surface area contributed by atoms with E-state index in [0.29, 0.717) is 5.91 Å². The summed E-state index contributed by atoms with van der Waals surface area (Å²) in [7, 11) is 0. The molecule has 3 fully saturated rings. The van der Waals surface area contributed by atoms with Crippen molar-refractivity contribution in [2.75, 3.05) is 70.6 Å². The normalized spacial score (nSPS) is 23.4. The molecule has 0 spiro atoms. The van der Waals surface area contributed by atoms with Crippen LogP contribution in [-0.2, 0) is 20.8 Å². The second kappa shape index (κ2) is 9.32. The highest BCUT2D eigenvalue weighted by Crippen LogP contribution is 2.26. The third-order valence-electron chi connectivity index (χ3n) is 5.67. The number of morpholine rings is 1. The van der Waals surface area contributed by atoms with Crippen molar-refractivity contribution in [3.05, 3.63) is 11.1 Å². The number of ether oxygens (including phenoxy) is 2. The standard InChI is InChI=1S/C19H30N4O3S/c24-18(16-2-10-25-11-3-16)22-4-1-5-23(7-6-22)19-20-14-17(27-19)15-21-8-12-26-13-9-21/h14,16H,1-13,15H2. The van der Waals surface area contributed by atoms with E-state index >= 15 is 0 Å². The van der Waals surface area contributed by atoms with E-state index in [1.54, 1.807) is 11.3 Å². The van der Waals surface area contributed by atoms with Gasteiger partial charge in [-0.2, -0.15) is 0 Å². The van der Waals surface area contributed by atoms with Gasteiger partial charge in [0.1, 0.15) is 0 Å². The highest BCUT2D eigenvalue weighted by molar-refractivity contribution is 7.15. The molecule has 27 heavy (non-hydrogen) atoms. The molecule has 150 valence electrons. The van der Waals surface area contributed by atoms with Crippen molar-refractivity contribution in [3.63, 3.8) is 0 Å². The smallest absolute Gasteiger partial charge is 0.225 e. The minimum absolute atomic E-state index is 0.158. The highest BCUT2D eigenvalue weighted by atomic mass is 32.1. The van der Waals surface area contributed by atoms with Crippen molar-refractivity contribution in [1.82, 2.24) is 14.8 Å². The molecule has 3 saturated heterocycles. The molecule has 3 aliphatic rings. The first-order valence-corrected chi connectivity index (χ1v) is 11.0. The summed E-state index contributed by atoms with van der Waals surface area (Å²) in [6.07, 6.45) is 4.77. The van der Waals surface area contributed by atoms with Gasteiger partial charge in [-0.15, -0.1) is 11.3 Å². The van der Waals surface area contributed by atoms with Gasteiger partial charge in [0, 0.05) is 76.0 Å². The predicted octanol–water partition coefficient (Wildman–Crippen LogP) is 1.44. The molecule has 1 amide bonds. The van der Waals surface area contributed by atoms with Crippen molar-refractivity contribution >= 4 is 22.4 Å². The van der Waals surface area contributed by atoms with Crippen LogP contribution in [0.2, 0.25) is 0 Å². The van der Waals surface area contributed by atoms with Gasteiger partial charge in [0.2, 0.25) is 5.91 Å². The first-order valence-electron chi connectivity index (χ1n) is 10.2. The maximum atomic E-state index is 12.8. The highest BCUT2D eigenvalue weighted by Gasteiger charge is 2.28. The summed E-state index contributed by atoms with van der Waals surface area (Å²) in [4.78, 5) is 25.6. The van der Waals surface area contributed by atoms with E-state index in [4.69, 9.17) is 9.47 Å². The van der Waals surface area contributed by atoms with Gasteiger partial charge in [0.05, 0.1) is 13.2 Å². The lowest BCUT2D eigenvalue weighted by Gasteiger charge is -2.28. The SMILES string of the molecule is O=C(C1CCOCC1)N1CCCN(c2ncc(CN3CCOCC3)s2)CC1. The van der Waals surface area contributed by atoms with Crippen LogP contribution < -0.4 is 4.90 Å². The average molecular weight is 395 g/mol. The molecule has 0 atom stereocenters. The molecule has 0 saturated carbocycles. The Morgan fingerprint density at radius 2 is 1.81 bits per heavy atom. The fraction of sp³-hybridized carbons (Fsp3) is 0.789. The number of hydrogen-bond donors (Lipinski definition) is 0. The fourth-order valence-corrected chi connectivity index (χ4v) is 5.03. The zero-order valence-corrected chi connectivity index (χ0v) is 16.8. The number of anilines is 1. The van der Waals surface area contributed by atoms with E-state index in [-0.39, 0.29) is 5.92 Å². The molecular formula is C19H30N4O3S. The molecule has 0 aliphatic carbocycles. The van der Waals surface area contributed by atoms with Crippen LogP contribution >= 0.6 is 11.3 Å². The summed E-state index contributed by atoms with van der Waals surface area (Å²) in [5, 5.41) is 1.10. The number of carbonyl (C=O) groups excluding carboxylic acids is 1. The van der Waals surface area contributed by atoms with Gasteiger partial charge in [0.15, 0.2) is 5.13 Å². The van der Waals surface area contributed by atoms with Gasteiger partial charge in [-0.25, -0.2) is 4.98 Å². The Morgan fingerprint density at radius 3 is 2.63 bits per heavy atom. The van der Waals surface area contributed by atoms with Crippen LogP contribution in [0.15, 0.2) is 6.20 Å². The van der Waals surface area contributed by atoms with E-state index in [0.717, 1.165) is 96.6 Å². The van der Waals surface area contributed by atoms with Gasteiger partial charge in [-0.3, -0.25) is 9.69 Å². The molecule has 0 bridgehead atoms. The van der Waals surface area contributed by atoms with Crippen molar-refractivity contribution in [3.8, 4) is 0 Å². The quantitative estimate of drug-likeness (QED) is 0.770. The van der Waals surface area contributed by atoms with Gasteiger partial charge in [-0.05, 0) is 19.3 Å². The molecular weight excluding hydrogens is 364 g/mol. The Morgan fingerprint density at radius 1 is 1.04 bits per heavy atom. The molecule has 4 rings (SSSR count). The van der Waals surface area contributed by atoms with E-state index < -0.39 is 0 Å². The zero-order chi connectivity index (χ0) is 18.5. The molecule has 0 radical (unpaired) electrons. The lowest BCUT2D eigenvalue weighted by Crippen LogP contribution is -2.40. The Kier molecular flexibility index (Phi) is 6.60. The first-order chi connectivity index (χ1) is 13.3. The summed E-state index contributed by atoms with van der Waals surface area (Å²) in [6.45, 7) is 9.57. The first kappa shape index (κ1) is 19.1. The number of carbonyl (C=O) groups is 1. The number of aromatic nitrogens is 1. The molecule has 8 heteroatoms. The minimum Gasteiger partial charge on any atom is -0.381 e. The topological polar surface area (TPSA) is 58.1 Å². The Labute approximate surface area is 165 Å². The van der Waals surface area contributed by atoms with Crippen molar-refractivity contribution in [2.24, 2.45) is 5.92 Å². The lowest BCUT2D eigenvalue weighted by molar-refractivity contribution is -0.138. The Hall–Kier alpha value is -1.22. The van der Waals surface area contributed by atoms with Crippen LogP contribution in [0.5, 0.6) is 0 Å². The Bertz CT molecular complexity index is 614. The van der Waals surface area contributed by atoms with Gasteiger partial charge in [0.25, 0.3) is 0 Å². The average Bonchev–Trinajstić information content (AvgIpc) is 3.04. The third kappa shape index (κ3) is 4.99. The maximum absolute atomic E-state index is 12.8. The fourth-order valence-electron chi connectivity index (χ4n) is 4.03. The van der Waals surface area contributed by atoms with Crippen LogP contribution in [-0.4, -0.2) is 86.4 Å². The van der Waals surface area contributed by atoms with Gasteiger partial charge < -0.3 is 19.3 Å². The van der Waals surface area contributed by atoms with Crippen molar-refractivity contribution in [1.29, 1.82) is 0 Å². The molecule has 1 aromatic heterocycles. The molecule has 7 nitrogen and oxygen atoms in total. The second-order valence-corrected chi connectivity index (χ2v) is 8.64. The largest absolute Gasteiger partial charge is 0.381 e. The minimum atomic E-state index is 0.158. The monoisotopic (exact) mass is 394 g/mol. The second-order valence-electron chi connectivity index (χ2n) is 7.55. The zero-order valence-electron chi connectivity index (χ0n) is 16.0. The lowest BCUT2D eigenvalue weighted by atomic mass is 9.98. The number of amides is 1. The number of nitrogens with zero attached hydrogens (tertiary/aromatic N) is 4. The van der Waals surface area contributed by atoms with Gasteiger partial charge >= 0.3 is 0 Å². The third-order valence-corrected chi connectivity index (χ3v) is 6.72. The molecule has 0 aromatic carbocycles. The summed E-state index contributed by atoms with van der Waals surface area (Å²) >= 11 is 1.79. The summed E-state index contributed by atoms with van der Waals surface area (Å²) in [6, 6.07) is 0. The van der Waals surface area contributed by atoms with Crippen LogP contribution in [0.4, 0.5) is 5.13 Å². The summed E-state index contributed by atoms with van der Waals surface area (Å²) in [5.41, 5.74) is 0. The predicted molar refractivity (Wildman–Crippen MR) is 105 cm³/mol. The Balaban J connectivity index is 1.30. The maximum Gasteiger partial charge on any atom is 0.225 e. The van der Waals surface area contributed by atoms with Gasteiger partial charge in [-0.1, -0.05) is 0 Å². The van der Waals surface area contributed by atoms with Crippen molar-refractivity contribution in [2.45, 2.75) is 25.8 Å². The van der Waals surface area contributed by atoms with E-state index in [9.17, 15) is 4.79 Å². The van der Waals surface area contributed by atoms with E-state index in [1.165, 1.54) is 4.88 Å². The molecule has 4 heterocycles. The van der Waals surface area contributed by atoms with Crippen LogP contribution in [0.3, 0.4) is 0 Å². The molecule has 0 unspecified atom stereocenters. The molecule has 3 aliphatic heterocycles. The van der Waals surface area contributed by atoms with E-state index in [1.807, 2.05) is 6.20 Å². The van der Waals surface area contributed by atoms with Crippen LogP contribution in [0.1, 0.15) is 24.1 Å². The van der Waals surface area contributed by atoms with Crippen LogP contribution in [0.25, 0.3) is 0 Å². The number of rotatable bonds is 4. The summed E-state index contributed by atoms with van der Waals surface area (Å²) in [5.74, 6) is 0.484. The number of thiazole rings is 1.